The fraction of sp³-hybridized carbons (Fsp3) is 0.235. The number of carbonyl (C=O) groups excluding carboxylic acids is 1. The van der Waals surface area contributed by atoms with E-state index in [2.05, 4.69) is 32.9 Å². The minimum absolute atomic E-state index is 0.0540. The molecule has 0 aliphatic carbocycles. The number of aryl methyl sites for hydroxylation is 3. The summed E-state index contributed by atoms with van der Waals surface area (Å²) in [5.74, 6) is -0.243. The summed E-state index contributed by atoms with van der Waals surface area (Å²) in [5, 5.41) is 3.46. The molecule has 0 spiro atoms. The Morgan fingerprint density at radius 3 is 2.79 bits per heavy atom. The van der Waals surface area contributed by atoms with E-state index >= 15 is 0 Å². The monoisotopic (exact) mass is 453 g/mol. The Bertz CT molecular complexity index is 1010. The molecule has 0 saturated carbocycles. The molecule has 124 valence electrons. The first-order chi connectivity index (χ1) is 11.4. The maximum atomic E-state index is 12.6. The van der Waals surface area contributed by atoms with E-state index < -0.39 is 0 Å². The van der Waals surface area contributed by atoms with Gasteiger partial charge in [0.2, 0.25) is 5.91 Å². The topological polar surface area (TPSA) is 64.0 Å². The Kier molecular flexibility index (Phi) is 4.73. The summed E-state index contributed by atoms with van der Waals surface area (Å²) in [4.78, 5) is 31.0. The third-order valence-corrected chi connectivity index (χ3v) is 5.72. The fourth-order valence-electron chi connectivity index (χ4n) is 2.49. The highest BCUT2D eigenvalue weighted by atomic mass is 127. The van der Waals surface area contributed by atoms with Crippen molar-refractivity contribution in [2.24, 2.45) is 0 Å². The number of rotatable bonds is 3. The average molecular weight is 453 g/mol. The summed E-state index contributed by atoms with van der Waals surface area (Å²) >= 11 is 3.73. The summed E-state index contributed by atoms with van der Waals surface area (Å²) in [6.45, 7) is 5.77. The van der Waals surface area contributed by atoms with Gasteiger partial charge in [-0.3, -0.25) is 14.2 Å². The first kappa shape index (κ1) is 17.1. The van der Waals surface area contributed by atoms with Gasteiger partial charge in [0.15, 0.2) is 0 Å². The third kappa shape index (κ3) is 3.23. The number of hydrogen-bond acceptors (Lipinski definition) is 4. The van der Waals surface area contributed by atoms with Crippen molar-refractivity contribution >= 4 is 55.7 Å². The Hall–Kier alpha value is -1.74. The van der Waals surface area contributed by atoms with Crippen molar-refractivity contribution < 1.29 is 4.79 Å². The molecule has 5 nitrogen and oxygen atoms in total. The maximum Gasteiger partial charge on any atom is 0.262 e. The Morgan fingerprint density at radius 2 is 2.08 bits per heavy atom. The second-order valence-electron chi connectivity index (χ2n) is 5.65. The van der Waals surface area contributed by atoms with Crippen LogP contribution < -0.4 is 10.9 Å². The standard InChI is InChI=1S/C17H16IN3O2S/c1-9-6-12(18)4-5-13(9)20-14(22)7-21-8-19-16-15(17(21)23)10(2)11(3)24-16/h4-6,8H,7H2,1-3H3,(H,20,22). The number of fused-ring (bicyclic) bond motifs is 1. The summed E-state index contributed by atoms with van der Waals surface area (Å²) in [7, 11) is 0. The molecule has 1 amide bonds. The third-order valence-electron chi connectivity index (χ3n) is 3.93. The summed E-state index contributed by atoms with van der Waals surface area (Å²) in [6.07, 6.45) is 1.44. The number of aromatic nitrogens is 2. The van der Waals surface area contributed by atoms with E-state index in [1.807, 2.05) is 39.0 Å². The van der Waals surface area contributed by atoms with Crippen molar-refractivity contribution in [1.29, 1.82) is 0 Å². The quantitative estimate of drug-likeness (QED) is 0.617. The molecule has 0 bridgehead atoms. The smallest absolute Gasteiger partial charge is 0.262 e. The number of amides is 1. The van der Waals surface area contributed by atoms with Gasteiger partial charge in [-0.2, -0.15) is 0 Å². The zero-order valence-electron chi connectivity index (χ0n) is 13.5. The second kappa shape index (κ2) is 6.64. The van der Waals surface area contributed by atoms with Gasteiger partial charge in [-0.15, -0.1) is 11.3 Å². The number of thiophene rings is 1. The maximum absolute atomic E-state index is 12.6. The molecule has 7 heteroatoms. The van der Waals surface area contributed by atoms with Crippen molar-refractivity contribution in [2.75, 3.05) is 5.32 Å². The van der Waals surface area contributed by atoms with Gasteiger partial charge in [-0.05, 0) is 72.7 Å². The van der Waals surface area contributed by atoms with Crippen LogP contribution in [0.5, 0.6) is 0 Å². The molecule has 3 aromatic rings. The molecule has 0 fully saturated rings. The van der Waals surface area contributed by atoms with Crippen LogP contribution in [-0.4, -0.2) is 15.5 Å². The summed E-state index contributed by atoms with van der Waals surface area (Å²) in [5.41, 5.74) is 2.51. The Labute approximate surface area is 156 Å². The van der Waals surface area contributed by atoms with E-state index in [-0.39, 0.29) is 18.0 Å². The lowest BCUT2D eigenvalue weighted by molar-refractivity contribution is -0.116. The SMILES string of the molecule is Cc1cc(I)ccc1NC(=O)Cn1cnc2sc(C)c(C)c2c1=O. The lowest BCUT2D eigenvalue weighted by Gasteiger charge is -2.10. The van der Waals surface area contributed by atoms with Crippen LogP contribution in [0.4, 0.5) is 5.69 Å². The van der Waals surface area contributed by atoms with E-state index in [4.69, 9.17) is 0 Å². The molecule has 0 aliphatic rings. The largest absolute Gasteiger partial charge is 0.324 e. The van der Waals surface area contributed by atoms with Gasteiger partial charge in [0.1, 0.15) is 11.4 Å². The van der Waals surface area contributed by atoms with Gasteiger partial charge in [-0.25, -0.2) is 4.98 Å². The Balaban J connectivity index is 1.87. The van der Waals surface area contributed by atoms with Crippen LogP contribution in [0.25, 0.3) is 10.2 Å². The van der Waals surface area contributed by atoms with Crippen molar-refractivity contribution in [3.63, 3.8) is 0 Å². The molecular weight excluding hydrogens is 437 g/mol. The molecule has 3 rings (SSSR count). The molecule has 24 heavy (non-hydrogen) atoms. The van der Waals surface area contributed by atoms with Crippen LogP contribution in [0.15, 0.2) is 29.3 Å². The van der Waals surface area contributed by atoms with E-state index in [0.29, 0.717) is 5.39 Å². The summed E-state index contributed by atoms with van der Waals surface area (Å²) in [6, 6.07) is 5.79. The van der Waals surface area contributed by atoms with Gasteiger partial charge in [-0.1, -0.05) is 0 Å². The highest BCUT2D eigenvalue weighted by Crippen LogP contribution is 2.25. The van der Waals surface area contributed by atoms with Gasteiger partial charge in [0.05, 0.1) is 11.7 Å². The average Bonchev–Trinajstić information content (AvgIpc) is 2.81. The van der Waals surface area contributed by atoms with Crippen molar-refractivity contribution in [3.05, 3.63) is 54.5 Å². The van der Waals surface area contributed by atoms with E-state index in [0.717, 1.165) is 30.1 Å². The zero-order chi connectivity index (χ0) is 17.4. The van der Waals surface area contributed by atoms with Crippen LogP contribution in [0.2, 0.25) is 0 Å². The Morgan fingerprint density at radius 1 is 1.33 bits per heavy atom. The van der Waals surface area contributed by atoms with Crippen LogP contribution >= 0.6 is 33.9 Å². The molecule has 1 N–H and O–H groups in total. The molecule has 0 unspecified atom stereocenters. The van der Waals surface area contributed by atoms with E-state index in [1.54, 1.807) is 0 Å². The molecular formula is C17H16IN3O2S. The van der Waals surface area contributed by atoms with Crippen LogP contribution in [0.1, 0.15) is 16.0 Å². The van der Waals surface area contributed by atoms with Crippen LogP contribution in [-0.2, 0) is 11.3 Å². The second-order valence-corrected chi connectivity index (χ2v) is 8.10. The van der Waals surface area contributed by atoms with Crippen LogP contribution in [0.3, 0.4) is 0 Å². The highest BCUT2D eigenvalue weighted by molar-refractivity contribution is 14.1. The van der Waals surface area contributed by atoms with Gasteiger partial charge >= 0.3 is 0 Å². The number of benzene rings is 1. The number of nitrogens with one attached hydrogen (secondary N) is 1. The van der Waals surface area contributed by atoms with Crippen LogP contribution in [0, 0.1) is 24.3 Å². The lowest BCUT2D eigenvalue weighted by Crippen LogP contribution is -2.28. The number of halogens is 1. The molecule has 0 atom stereocenters. The molecule has 0 radical (unpaired) electrons. The van der Waals surface area contributed by atoms with Crippen molar-refractivity contribution in [2.45, 2.75) is 27.3 Å². The zero-order valence-corrected chi connectivity index (χ0v) is 16.5. The van der Waals surface area contributed by atoms with Crippen molar-refractivity contribution in [1.82, 2.24) is 9.55 Å². The fourth-order valence-corrected chi connectivity index (χ4v) is 4.13. The predicted octanol–water partition coefficient (Wildman–Crippen LogP) is 3.63. The minimum atomic E-state index is -0.243. The molecule has 1 aromatic carbocycles. The van der Waals surface area contributed by atoms with Crippen molar-refractivity contribution in [3.8, 4) is 0 Å². The normalized spacial score (nSPS) is 11.0. The first-order valence-corrected chi connectivity index (χ1v) is 9.27. The number of carbonyl (C=O) groups is 1. The summed E-state index contributed by atoms with van der Waals surface area (Å²) < 4.78 is 2.47. The molecule has 2 aromatic heterocycles. The highest BCUT2D eigenvalue weighted by Gasteiger charge is 2.14. The molecule has 0 saturated heterocycles. The van der Waals surface area contributed by atoms with E-state index in [1.165, 1.54) is 22.2 Å². The van der Waals surface area contributed by atoms with Gasteiger partial charge in [0, 0.05) is 14.1 Å². The predicted molar refractivity (Wildman–Crippen MR) is 106 cm³/mol. The number of hydrogen-bond donors (Lipinski definition) is 1. The van der Waals surface area contributed by atoms with Gasteiger partial charge < -0.3 is 5.32 Å². The minimum Gasteiger partial charge on any atom is -0.324 e. The number of nitrogens with zero attached hydrogens (tertiary/aromatic N) is 2. The molecule has 2 heterocycles. The van der Waals surface area contributed by atoms with Gasteiger partial charge in [0.25, 0.3) is 5.56 Å². The lowest BCUT2D eigenvalue weighted by atomic mass is 10.2. The molecule has 0 aliphatic heterocycles. The number of anilines is 1. The van der Waals surface area contributed by atoms with E-state index in [9.17, 15) is 9.59 Å². The first-order valence-electron chi connectivity index (χ1n) is 7.38.